The van der Waals surface area contributed by atoms with Gasteiger partial charge in [-0.05, 0) is 83.6 Å². The minimum absolute atomic E-state index is 0.217. The van der Waals surface area contributed by atoms with Crippen molar-refractivity contribution in [1.82, 2.24) is 0 Å². The number of carbonyl (C=O) groups excluding carboxylic acids is 2. The Kier molecular flexibility index (Phi) is 12.3. The average Bonchev–Trinajstić information content (AvgIpc) is 3.06. The van der Waals surface area contributed by atoms with Crippen LogP contribution in [0.3, 0.4) is 0 Å². The highest BCUT2D eigenvalue weighted by molar-refractivity contribution is 5.74. The van der Waals surface area contributed by atoms with Crippen LogP contribution < -0.4 is 9.47 Å². The van der Waals surface area contributed by atoms with Gasteiger partial charge >= 0.3 is 11.9 Å². The lowest BCUT2D eigenvalue weighted by Gasteiger charge is -2.07. The Balaban J connectivity index is 1.00. The Bertz CT molecular complexity index is 1460. The highest BCUT2D eigenvalue weighted by atomic mass is 16.5. The standard InChI is InChI=1S/C38H36N2O4/c39-27-29-11-15-31(16-12-29)33-19-23-35(24-20-33)43-37(41)9-7-5-3-1-2-4-6-8-10-38(42)44-36-25-21-34(22-26-36)32-17-13-30(28-40)14-18-32/h11-26H,1-10H2. The topological polar surface area (TPSA) is 100 Å². The fraction of sp³-hybridized carbons (Fsp3) is 0.263. The van der Waals surface area contributed by atoms with Crippen LogP contribution in [0, 0.1) is 22.7 Å². The molecule has 4 aromatic carbocycles. The summed E-state index contributed by atoms with van der Waals surface area (Å²) in [4.78, 5) is 24.4. The second-order valence-corrected chi connectivity index (χ2v) is 10.7. The van der Waals surface area contributed by atoms with Gasteiger partial charge in [-0.3, -0.25) is 9.59 Å². The number of carbonyl (C=O) groups is 2. The van der Waals surface area contributed by atoms with Gasteiger partial charge in [-0.25, -0.2) is 0 Å². The molecule has 0 heterocycles. The lowest BCUT2D eigenvalue weighted by molar-refractivity contribution is -0.135. The molecule has 0 aliphatic carbocycles. The Morgan fingerprint density at radius 1 is 0.432 bits per heavy atom. The highest BCUT2D eigenvalue weighted by Crippen LogP contribution is 2.24. The smallest absolute Gasteiger partial charge is 0.311 e. The van der Waals surface area contributed by atoms with Crippen LogP contribution in [0.15, 0.2) is 97.1 Å². The highest BCUT2D eigenvalue weighted by Gasteiger charge is 2.08. The predicted molar refractivity (Wildman–Crippen MR) is 171 cm³/mol. The molecule has 0 saturated carbocycles. The normalized spacial score (nSPS) is 10.4. The van der Waals surface area contributed by atoms with Crippen LogP contribution in [0.25, 0.3) is 22.3 Å². The first kappa shape index (κ1) is 31.7. The summed E-state index contributed by atoms with van der Waals surface area (Å²) in [6, 6.07) is 33.8. The summed E-state index contributed by atoms with van der Waals surface area (Å²) in [5.74, 6) is 0.637. The molecular weight excluding hydrogens is 548 g/mol. The van der Waals surface area contributed by atoms with Gasteiger partial charge < -0.3 is 9.47 Å². The van der Waals surface area contributed by atoms with E-state index in [2.05, 4.69) is 12.1 Å². The number of nitrogens with zero attached hydrogens (tertiary/aromatic N) is 2. The molecule has 0 saturated heterocycles. The molecule has 6 heteroatoms. The Morgan fingerprint density at radius 3 is 1.00 bits per heavy atom. The van der Waals surface area contributed by atoms with Crippen LogP contribution in [0.2, 0.25) is 0 Å². The molecule has 0 atom stereocenters. The lowest BCUT2D eigenvalue weighted by Crippen LogP contribution is -2.07. The molecule has 44 heavy (non-hydrogen) atoms. The van der Waals surface area contributed by atoms with Gasteiger partial charge in [0.25, 0.3) is 0 Å². The summed E-state index contributed by atoms with van der Waals surface area (Å²) >= 11 is 0. The van der Waals surface area contributed by atoms with E-state index in [9.17, 15) is 9.59 Å². The molecule has 0 bridgehead atoms. The fourth-order valence-electron chi connectivity index (χ4n) is 4.87. The number of benzene rings is 4. The minimum atomic E-state index is -0.217. The van der Waals surface area contributed by atoms with Gasteiger partial charge in [-0.1, -0.05) is 87.1 Å². The molecule has 6 nitrogen and oxygen atoms in total. The van der Waals surface area contributed by atoms with E-state index in [0.717, 1.165) is 73.6 Å². The van der Waals surface area contributed by atoms with Crippen LogP contribution in [0.4, 0.5) is 0 Å². The van der Waals surface area contributed by atoms with E-state index in [4.69, 9.17) is 20.0 Å². The maximum atomic E-state index is 12.2. The monoisotopic (exact) mass is 584 g/mol. The molecule has 0 N–H and O–H groups in total. The molecule has 0 amide bonds. The van der Waals surface area contributed by atoms with Crippen LogP contribution in [0.5, 0.6) is 11.5 Å². The first-order valence-electron chi connectivity index (χ1n) is 15.2. The molecule has 0 unspecified atom stereocenters. The van der Waals surface area contributed by atoms with Gasteiger partial charge in [0.05, 0.1) is 23.3 Å². The first-order valence-corrected chi connectivity index (χ1v) is 15.2. The molecule has 0 aromatic heterocycles. The number of unbranched alkanes of at least 4 members (excludes halogenated alkanes) is 7. The van der Waals surface area contributed by atoms with Crippen molar-refractivity contribution in [2.24, 2.45) is 0 Å². The molecule has 4 rings (SSSR count). The molecule has 222 valence electrons. The zero-order valence-electron chi connectivity index (χ0n) is 24.8. The zero-order valence-corrected chi connectivity index (χ0v) is 24.8. The van der Waals surface area contributed by atoms with Crippen LogP contribution in [-0.2, 0) is 9.59 Å². The average molecular weight is 585 g/mol. The zero-order chi connectivity index (χ0) is 31.0. The number of nitriles is 2. The van der Waals surface area contributed by atoms with Crippen molar-refractivity contribution in [2.45, 2.75) is 64.2 Å². The number of ether oxygens (including phenoxy) is 2. The van der Waals surface area contributed by atoms with Crippen LogP contribution >= 0.6 is 0 Å². The van der Waals surface area contributed by atoms with E-state index in [1.165, 1.54) is 0 Å². The van der Waals surface area contributed by atoms with E-state index < -0.39 is 0 Å². The number of rotatable bonds is 15. The molecule has 0 aliphatic rings. The molecular formula is C38H36N2O4. The SMILES string of the molecule is N#Cc1ccc(-c2ccc(OC(=O)CCCCCCCCCCC(=O)Oc3ccc(-c4ccc(C#N)cc4)cc3)cc2)cc1. The van der Waals surface area contributed by atoms with Gasteiger partial charge in [0.2, 0.25) is 0 Å². The molecule has 0 spiro atoms. The third-order valence-electron chi connectivity index (χ3n) is 7.38. The molecule has 0 radical (unpaired) electrons. The van der Waals surface area contributed by atoms with Crippen molar-refractivity contribution in [3.05, 3.63) is 108 Å². The van der Waals surface area contributed by atoms with Crippen molar-refractivity contribution in [1.29, 1.82) is 10.5 Å². The van der Waals surface area contributed by atoms with Gasteiger partial charge in [0.15, 0.2) is 0 Å². The number of hydrogen-bond donors (Lipinski definition) is 0. The predicted octanol–water partition coefficient (Wildman–Crippen LogP) is 9.18. The van der Waals surface area contributed by atoms with E-state index in [1.807, 2.05) is 48.5 Å². The summed E-state index contributed by atoms with van der Waals surface area (Å²) in [6.45, 7) is 0. The third kappa shape index (κ3) is 10.3. The second-order valence-electron chi connectivity index (χ2n) is 10.7. The summed E-state index contributed by atoms with van der Waals surface area (Å²) in [5.41, 5.74) is 5.25. The minimum Gasteiger partial charge on any atom is -0.427 e. The molecule has 0 fully saturated rings. The Hall–Kier alpha value is -5.20. The summed E-state index contributed by atoms with van der Waals surface area (Å²) in [6.07, 6.45) is 8.77. The maximum Gasteiger partial charge on any atom is 0.311 e. The largest absolute Gasteiger partial charge is 0.427 e. The van der Waals surface area contributed by atoms with E-state index in [-0.39, 0.29) is 11.9 Å². The van der Waals surface area contributed by atoms with E-state index >= 15 is 0 Å². The van der Waals surface area contributed by atoms with Gasteiger partial charge in [0.1, 0.15) is 11.5 Å². The van der Waals surface area contributed by atoms with Crippen molar-refractivity contribution in [2.75, 3.05) is 0 Å². The number of hydrogen-bond acceptors (Lipinski definition) is 6. The van der Waals surface area contributed by atoms with Crippen LogP contribution in [-0.4, -0.2) is 11.9 Å². The molecule has 4 aromatic rings. The van der Waals surface area contributed by atoms with Gasteiger partial charge in [-0.15, -0.1) is 0 Å². The fourth-order valence-corrected chi connectivity index (χ4v) is 4.87. The van der Waals surface area contributed by atoms with Crippen molar-refractivity contribution in [3.63, 3.8) is 0 Å². The third-order valence-corrected chi connectivity index (χ3v) is 7.38. The quantitative estimate of drug-likeness (QED) is 0.0784. The first-order chi connectivity index (χ1) is 21.5. The Labute approximate surface area is 259 Å². The Morgan fingerprint density at radius 2 is 0.705 bits per heavy atom. The second kappa shape index (κ2) is 17.0. The van der Waals surface area contributed by atoms with Gasteiger partial charge in [0, 0.05) is 12.8 Å². The van der Waals surface area contributed by atoms with Crippen LogP contribution in [0.1, 0.15) is 75.3 Å². The summed E-state index contributed by atoms with van der Waals surface area (Å²) in [5, 5.41) is 17.9. The van der Waals surface area contributed by atoms with Crippen molar-refractivity contribution in [3.8, 4) is 45.9 Å². The van der Waals surface area contributed by atoms with Crippen molar-refractivity contribution < 1.29 is 19.1 Å². The van der Waals surface area contributed by atoms with Gasteiger partial charge in [-0.2, -0.15) is 10.5 Å². The molecule has 0 aliphatic heterocycles. The maximum absolute atomic E-state index is 12.2. The van der Waals surface area contributed by atoms with E-state index in [0.29, 0.717) is 35.5 Å². The lowest BCUT2D eigenvalue weighted by atomic mass is 10.0. The number of esters is 2. The van der Waals surface area contributed by atoms with E-state index in [1.54, 1.807) is 48.5 Å². The summed E-state index contributed by atoms with van der Waals surface area (Å²) in [7, 11) is 0. The van der Waals surface area contributed by atoms with Crippen molar-refractivity contribution >= 4 is 11.9 Å². The summed E-state index contributed by atoms with van der Waals surface area (Å²) < 4.78 is 10.9.